The van der Waals surface area contributed by atoms with Gasteiger partial charge in [0.25, 0.3) is 0 Å². The maximum atomic E-state index is 6.23. The molecule has 24 heavy (non-hydrogen) atoms. The number of hydrogen-bond donors (Lipinski definition) is 1. The summed E-state index contributed by atoms with van der Waals surface area (Å²) in [6.07, 6.45) is 5.48. The van der Waals surface area contributed by atoms with Crippen molar-refractivity contribution in [2.45, 2.75) is 45.8 Å². The van der Waals surface area contributed by atoms with Crippen LogP contribution in [0.25, 0.3) is 0 Å². The van der Waals surface area contributed by atoms with Gasteiger partial charge in [0, 0.05) is 44.9 Å². The van der Waals surface area contributed by atoms with Crippen molar-refractivity contribution in [3.8, 4) is 0 Å². The van der Waals surface area contributed by atoms with Crippen LogP contribution in [0.4, 0.5) is 0 Å². The van der Waals surface area contributed by atoms with Crippen LogP contribution in [-0.2, 0) is 11.3 Å². The van der Waals surface area contributed by atoms with E-state index in [1.165, 1.54) is 12.8 Å². The van der Waals surface area contributed by atoms with Gasteiger partial charge in [-0.15, -0.1) is 24.0 Å². The SMILES string of the molecule is CCn1nccc1[C@@H]1OCC[C@H]1CN=C(N)N1CCCC(C)C1.I. The second-order valence-electron chi connectivity index (χ2n) is 6.80. The van der Waals surface area contributed by atoms with Crippen molar-refractivity contribution in [1.29, 1.82) is 0 Å². The van der Waals surface area contributed by atoms with Gasteiger partial charge in [-0.1, -0.05) is 6.92 Å². The van der Waals surface area contributed by atoms with Gasteiger partial charge in [0.2, 0.25) is 0 Å². The summed E-state index contributed by atoms with van der Waals surface area (Å²) in [6.45, 7) is 8.85. The van der Waals surface area contributed by atoms with Crippen LogP contribution < -0.4 is 5.73 Å². The average molecular weight is 447 g/mol. The summed E-state index contributed by atoms with van der Waals surface area (Å²) in [5.41, 5.74) is 7.39. The molecule has 3 rings (SSSR count). The second-order valence-corrected chi connectivity index (χ2v) is 6.80. The van der Waals surface area contributed by atoms with E-state index >= 15 is 0 Å². The first kappa shape index (κ1) is 19.5. The van der Waals surface area contributed by atoms with Crippen LogP contribution in [0.15, 0.2) is 17.3 Å². The molecule has 0 amide bonds. The zero-order valence-electron chi connectivity index (χ0n) is 14.7. The fraction of sp³-hybridized carbons (Fsp3) is 0.765. The third-order valence-corrected chi connectivity index (χ3v) is 5.02. The quantitative estimate of drug-likeness (QED) is 0.438. The van der Waals surface area contributed by atoms with Crippen LogP contribution >= 0.6 is 24.0 Å². The van der Waals surface area contributed by atoms with Gasteiger partial charge in [0.05, 0.1) is 5.69 Å². The molecule has 2 aliphatic rings. The molecule has 0 aromatic carbocycles. The molecule has 136 valence electrons. The molecule has 1 aromatic rings. The first-order valence-electron chi connectivity index (χ1n) is 8.87. The predicted molar refractivity (Wildman–Crippen MR) is 107 cm³/mol. The van der Waals surface area contributed by atoms with Crippen LogP contribution in [0.1, 0.15) is 44.9 Å². The fourth-order valence-corrected chi connectivity index (χ4v) is 3.70. The Labute approximate surface area is 161 Å². The van der Waals surface area contributed by atoms with Crippen LogP contribution in [0, 0.1) is 11.8 Å². The van der Waals surface area contributed by atoms with Gasteiger partial charge in [0.15, 0.2) is 5.96 Å². The third-order valence-electron chi connectivity index (χ3n) is 5.02. The number of aliphatic imine (C=N–C) groups is 1. The number of rotatable bonds is 4. The Bertz CT molecular complexity index is 547. The smallest absolute Gasteiger partial charge is 0.191 e. The van der Waals surface area contributed by atoms with Gasteiger partial charge in [-0.25, -0.2) is 0 Å². The minimum absolute atomic E-state index is 0. The summed E-state index contributed by atoms with van der Waals surface area (Å²) < 4.78 is 7.98. The molecule has 3 atom stereocenters. The molecule has 2 aliphatic heterocycles. The first-order chi connectivity index (χ1) is 11.2. The van der Waals surface area contributed by atoms with Gasteiger partial charge in [-0.2, -0.15) is 5.10 Å². The van der Waals surface area contributed by atoms with E-state index < -0.39 is 0 Å². The lowest BCUT2D eigenvalue weighted by molar-refractivity contribution is 0.0850. The van der Waals surface area contributed by atoms with Crippen molar-refractivity contribution in [1.82, 2.24) is 14.7 Å². The molecule has 3 heterocycles. The lowest BCUT2D eigenvalue weighted by Crippen LogP contribution is -2.43. The zero-order chi connectivity index (χ0) is 16.2. The van der Waals surface area contributed by atoms with Gasteiger partial charge < -0.3 is 15.4 Å². The maximum absolute atomic E-state index is 6.23. The Kier molecular flexibility index (Phi) is 7.34. The van der Waals surface area contributed by atoms with Crippen molar-refractivity contribution in [2.24, 2.45) is 22.6 Å². The zero-order valence-corrected chi connectivity index (χ0v) is 17.1. The Balaban J connectivity index is 0.00000208. The standard InChI is InChI=1S/C17H29N5O.HI/c1-3-22-15(6-8-20-22)16-14(7-10-23-16)11-19-17(18)21-9-4-5-13(2)12-21;/h6,8,13-14,16H,3-5,7,9-12H2,1-2H3,(H2,18,19);1H/t13?,14-,16+;/m0./s1. The summed E-state index contributed by atoms with van der Waals surface area (Å²) >= 11 is 0. The van der Waals surface area contributed by atoms with Crippen LogP contribution in [-0.4, -0.2) is 46.9 Å². The number of ether oxygens (including phenoxy) is 1. The minimum Gasteiger partial charge on any atom is -0.372 e. The number of nitrogens with two attached hydrogens (primary N) is 1. The summed E-state index contributed by atoms with van der Waals surface area (Å²) in [7, 11) is 0. The van der Waals surface area contributed by atoms with E-state index in [2.05, 4.69) is 29.9 Å². The Morgan fingerprint density at radius 3 is 3.04 bits per heavy atom. The lowest BCUT2D eigenvalue weighted by atomic mass is 9.99. The Morgan fingerprint density at radius 1 is 1.46 bits per heavy atom. The minimum atomic E-state index is 0. The molecule has 0 bridgehead atoms. The predicted octanol–water partition coefficient (Wildman–Crippen LogP) is 2.65. The van der Waals surface area contributed by atoms with E-state index in [1.807, 2.05) is 10.9 Å². The monoisotopic (exact) mass is 447 g/mol. The van der Waals surface area contributed by atoms with E-state index in [9.17, 15) is 0 Å². The summed E-state index contributed by atoms with van der Waals surface area (Å²) in [5.74, 6) is 1.79. The van der Waals surface area contributed by atoms with E-state index in [0.29, 0.717) is 17.8 Å². The molecule has 0 aliphatic carbocycles. The van der Waals surface area contributed by atoms with E-state index in [1.54, 1.807) is 0 Å². The highest BCUT2D eigenvalue weighted by Gasteiger charge is 2.32. The summed E-state index contributed by atoms with van der Waals surface area (Å²) in [6, 6.07) is 2.06. The van der Waals surface area contributed by atoms with Crippen molar-refractivity contribution in [3.63, 3.8) is 0 Å². The van der Waals surface area contributed by atoms with Gasteiger partial charge in [-0.3, -0.25) is 9.67 Å². The maximum Gasteiger partial charge on any atom is 0.191 e. The first-order valence-corrected chi connectivity index (χ1v) is 8.87. The number of hydrogen-bond acceptors (Lipinski definition) is 3. The lowest BCUT2D eigenvalue weighted by Gasteiger charge is -2.31. The van der Waals surface area contributed by atoms with E-state index in [0.717, 1.165) is 44.9 Å². The molecular formula is C17H30IN5O. The van der Waals surface area contributed by atoms with Crippen LogP contribution in [0.5, 0.6) is 0 Å². The molecule has 7 heteroatoms. The molecule has 6 nitrogen and oxygen atoms in total. The third kappa shape index (κ3) is 4.41. The number of nitrogens with zero attached hydrogens (tertiary/aromatic N) is 4. The van der Waals surface area contributed by atoms with Crippen molar-refractivity contribution in [3.05, 3.63) is 18.0 Å². The van der Waals surface area contributed by atoms with Gasteiger partial charge in [0.1, 0.15) is 6.10 Å². The van der Waals surface area contributed by atoms with Crippen molar-refractivity contribution < 1.29 is 4.74 Å². The molecular weight excluding hydrogens is 417 g/mol. The molecule has 0 saturated carbocycles. The Hall–Kier alpha value is -0.830. The number of likely N-dealkylation sites (tertiary alicyclic amines) is 1. The van der Waals surface area contributed by atoms with E-state index in [-0.39, 0.29) is 30.1 Å². The topological polar surface area (TPSA) is 68.7 Å². The largest absolute Gasteiger partial charge is 0.372 e. The molecule has 0 spiro atoms. The number of piperidine rings is 1. The number of guanidine groups is 1. The Morgan fingerprint density at radius 2 is 2.29 bits per heavy atom. The number of halogens is 1. The highest BCUT2D eigenvalue weighted by Crippen LogP contribution is 2.34. The van der Waals surface area contributed by atoms with E-state index in [4.69, 9.17) is 15.5 Å². The summed E-state index contributed by atoms with van der Waals surface area (Å²) in [4.78, 5) is 6.92. The van der Waals surface area contributed by atoms with Crippen molar-refractivity contribution in [2.75, 3.05) is 26.2 Å². The summed E-state index contributed by atoms with van der Waals surface area (Å²) in [5, 5.41) is 4.36. The molecule has 2 N–H and O–H groups in total. The number of aromatic nitrogens is 2. The second kappa shape index (κ2) is 9.03. The molecule has 1 aromatic heterocycles. The van der Waals surface area contributed by atoms with Crippen molar-refractivity contribution >= 4 is 29.9 Å². The molecule has 2 saturated heterocycles. The van der Waals surface area contributed by atoms with Crippen LogP contribution in [0.2, 0.25) is 0 Å². The highest BCUT2D eigenvalue weighted by molar-refractivity contribution is 14.0. The highest BCUT2D eigenvalue weighted by atomic mass is 127. The molecule has 0 radical (unpaired) electrons. The average Bonchev–Trinajstić information content (AvgIpc) is 3.20. The normalized spacial score (nSPS) is 28.0. The van der Waals surface area contributed by atoms with Crippen LogP contribution in [0.3, 0.4) is 0 Å². The number of aryl methyl sites for hydroxylation is 1. The van der Waals surface area contributed by atoms with Gasteiger partial charge in [-0.05, 0) is 38.2 Å². The fourth-order valence-electron chi connectivity index (χ4n) is 3.70. The van der Waals surface area contributed by atoms with Gasteiger partial charge >= 0.3 is 0 Å². The molecule has 2 fully saturated rings. The molecule has 1 unspecified atom stereocenters.